The van der Waals surface area contributed by atoms with Gasteiger partial charge in [-0.15, -0.1) is 0 Å². The quantitative estimate of drug-likeness (QED) is 0.681. The second-order valence-electron chi connectivity index (χ2n) is 3.20. The Labute approximate surface area is 123 Å². The van der Waals surface area contributed by atoms with Gasteiger partial charge < -0.3 is 4.74 Å². The smallest absolute Gasteiger partial charge is 0.410 e. The van der Waals surface area contributed by atoms with Gasteiger partial charge in [0.1, 0.15) is 5.75 Å². The molecule has 0 fully saturated rings. The standard InChI is InChI=1S/C10H9Cl2FN2O3S/c1-15(8(16)14-19-10(11,12)13)9(17)18-7-5-3-2-4-6-7/h2-6H,1H3,(H,14,16). The third-order valence-corrected chi connectivity index (χ3v) is 2.75. The third-order valence-electron chi connectivity index (χ3n) is 1.78. The fourth-order valence-corrected chi connectivity index (χ4v) is 1.48. The summed E-state index contributed by atoms with van der Waals surface area (Å²) in [6.45, 7) is 0. The number of rotatable bonds is 3. The van der Waals surface area contributed by atoms with Crippen molar-refractivity contribution in [3.63, 3.8) is 0 Å². The molecule has 1 rings (SSSR count). The number of halogens is 3. The molecule has 9 heteroatoms. The first kappa shape index (κ1) is 15.9. The van der Waals surface area contributed by atoms with E-state index < -0.39 is 16.0 Å². The number of ether oxygens (including phenoxy) is 1. The highest BCUT2D eigenvalue weighted by molar-refractivity contribution is 8.01. The van der Waals surface area contributed by atoms with Crippen molar-refractivity contribution >= 4 is 47.3 Å². The number of alkyl halides is 3. The van der Waals surface area contributed by atoms with Crippen LogP contribution in [0.2, 0.25) is 0 Å². The van der Waals surface area contributed by atoms with Gasteiger partial charge >= 0.3 is 16.0 Å². The van der Waals surface area contributed by atoms with Crippen LogP contribution in [0.1, 0.15) is 0 Å². The minimum absolute atomic E-state index is 0.109. The Morgan fingerprint density at radius 2 is 1.95 bits per heavy atom. The lowest BCUT2D eigenvalue weighted by atomic mass is 10.3. The SMILES string of the molecule is CN(C(=O)NSC(F)(Cl)Cl)C(=O)Oc1ccccc1. The topological polar surface area (TPSA) is 58.6 Å². The molecule has 0 atom stereocenters. The number of para-hydroxylation sites is 1. The molecule has 0 aromatic heterocycles. The molecular formula is C10H9Cl2FN2O3S. The summed E-state index contributed by atoms with van der Waals surface area (Å²) in [5.41, 5.74) is 0. The molecule has 3 amide bonds. The highest BCUT2D eigenvalue weighted by Gasteiger charge is 2.27. The number of hydrogen-bond donors (Lipinski definition) is 1. The highest BCUT2D eigenvalue weighted by Crippen LogP contribution is 2.33. The lowest BCUT2D eigenvalue weighted by Gasteiger charge is -2.16. The Kier molecular flexibility index (Phi) is 5.71. The van der Waals surface area contributed by atoms with E-state index in [1.54, 1.807) is 30.3 Å². The number of carbonyl (C=O) groups is 2. The molecule has 0 radical (unpaired) electrons. The van der Waals surface area contributed by atoms with E-state index >= 15 is 0 Å². The van der Waals surface area contributed by atoms with Crippen LogP contribution in [0.4, 0.5) is 14.0 Å². The zero-order valence-corrected chi connectivity index (χ0v) is 11.9. The molecule has 0 spiro atoms. The summed E-state index contributed by atoms with van der Waals surface area (Å²) >= 11 is 10.1. The molecular weight excluding hydrogens is 318 g/mol. The Balaban J connectivity index is 2.50. The number of benzene rings is 1. The summed E-state index contributed by atoms with van der Waals surface area (Å²) in [4.78, 5) is 23.6. The van der Waals surface area contributed by atoms with Gasteiger partial charge in [0.25, 0.3) is 0 Å². The molecule has 0 aliphatic carbocycles. The van der Waals surface area contributed by atoms with Crippen LogP contribution < -0.4 is 9.46 Å². The van der Waals surface area contributed by atoms with Crippen molar-refractivity contribution in [2.75, 3.05) is 7.05 Å². The van der Waals surface area contributed by atoms with Gasteiger partial charge in [0, 0.05) is 19.0 Å². The molecule has 19 heavy (non-hydrogen) atoms. The van der Waals surface area contributed by atoms with Gasteiger partial charge in [0.2, 0.25) is 0 Å². The van der Waals surface area contributed by atoms with E-state index in [4.69, 9.17) is 27.9 Å². The molecule has 1 aromatic carbocycles. The first-order valence-electron chi connectivity index (χ1n) is 4.85. The minimum atomic E-state index is -2.68. The third kappa shape index (κ3) is 6.00. The molecule has 0 aliphatic rings. The van der Waals surface area contributed by atoms with Gasteiger partial charge in [-0.2, -0.15) is 4.39 Å². The van der Waals surface area contributed by atoms with Crippen molar-refractivity contribution in [2.45, 2.75) is 3.92 Å². The zero-order valence-electron chi connectivity index (χ0n) is 9.60. The molecule has 0 aliphatic heterocycles. The molecule has 0 bridgehead atoms. The van der Waals surface area contributed by atoms with Crippen LogP contribution in [0.15, 0.2) is 30.3 Å². The average molecular weight is 327 g/mol. The van der Waals surface area contributed by atoms with E-state index in [1.165, 1.54) is 0 Å². The van der Waals surface area contributed by atoms with Crippen LogP contribution in [0.5, 0.6) is 5.75 Å². The fourth-order valence-electron chi connectivity index (χ4n) is 0.911. The van der Waals surface area contributed by atoms with E-state index in [-0.39, 0.29) is 17.7 Å². The first-order valence-corrected chi connectivity index (χ1v) is 6.42. The predicted molar refractivity (Wildman–Crippen MR) is 71.9 cm³/mol. The number of urea groups is 1. The average Bonchev–Trinajstić information content (AvgIpc) is 2.35. The lowest BCUT2D eigenvalue weighted by Crippen LogP contribution is -2.40. The molecule has 0 saturated heterocycles. The summed E-state index contributed by atoms with van der Waals surface area (Å²) in [7, 11) is 1.16. The van der Waals surface area contributed by atoms with Crippen molar-refractivity contribution < 1.29 is 18.7 Å². The number of nitrogens with one attached hydrogen (secondary N) is 1. The van der Waals surface area contributed by atoms with Gasteiger partial charge in [0.15, 0.2) is 0 Å². The Morgan fingerprint density at radius 3 is 2.47 bits per heavy atom. The normalized spacial score (nSPS) is 10.7. The summed E-state index contributed by atoms with van der Waals surface area (Å²) in [6.07, 6.45) is -0.932. The van der Waals surface area contributed by atoms with Crippen molar-refractivity contribution in [3.8, 4) is 5.75 Å². The Hall–Kier alpha value is -1.18. The summed E-state index contributed by atoms with van der Waals surface area (Å²) in [5.74, 6) is 0.273. The minimum Gasteiger partial charge on any atom is -0.410 e. The molecule has 104 valence electrons. The van der Waals surface area contributed by atoms with E-state index in [2.05, 4.69) is 0 Å². The van der Waals surface area contributed by atoms with Gasteiger partial charge in [-0.3, -0.25) is 4.72 Å². The molecule has 0 saturated carbocycles. The molecule has 5 nitrogen and oxygen atoms in total. The number of carbonyl (C=O) groups excluding carboxylic acids is 2. The largest absolute Gasteiger partial charge is 0.423 e. The molecule has 0 heterocycles. The van der Waals surface area contributed by atoms with Crippen molar-refractivity contribution in [1.29, 1.82) is 0 Å². The highest BCUT2D eigenvalue weighted by atomic mass is 35.5. The van der Waals surface area contributed by atoms with Gasteiger partial charge in [-0.25, -0.2) is 14.5 Å². The van der Waals surface area contributed by atoms with Crippen molar-refractivity contribution in [2.24, 2.45) is 0 Å². The summed E-state index contributed by atoms with van der Waals surface area (Å²) in [6, 6.07) is 7.24. The van der Waals surface area contributed by atoms with E-state index in [0.717, 1.165) is 7.05 Å². The van der Waals surface area contributed by atoms with Gasteiger partial charge in [-0.1, -0.05) is 41.4 Å². The van der Waals surface area contributed by atoms with Crippen molar-refractivity contribution in [3.05, 3.63) is 30.3 Å². The maximum absolute atomic E-state index is 12.7. The van der Waals surface area contributed by atoms with Crippen LogP contribution in [0, 0.1) is 0 Å². The molecule has 1 aromatic rings. The lowest BCUT2D eigenvalue weighted by molar-refractivity contribution is 0.164. The number of nitrogens with zero attached hydrogens (tertiary/aromatic N) is 1. The maximum Gasteiger partial charge on any atom is 0.423 e. The number of amides is 3. The first-order chi connectivity index (χ1) is 8.79. The number of hydrogen-bond acceptors (Lipinski definition) is 4. The van der Waals surface area contributed by atoms with Gasteiger partial charge in [-0.05, 0) is 12.1 Å². The van der Waals surface area contributed by atoms with Gasteiger partial charge in [0.05, 0.1) is 0 Å². The van der Waals surface area contributed by atoms with Crippen LogP contribution in [-0.4, -0.2) is 28.0 Å². The Bertz CT molecular complexity index is 456. The monoisotopic (exact) mass is 326 g/mol. The van der Waals surface area contributed by atoms with Crippen molar-refractivity contribution in [1.82, 2.24) is 9.62 Å². The van der Waals surface area contributed by atoms with Crippen LogP contribution >= 0.6 is 35.1 Å². The molecule has 0 unspecified atom stereocenters. The fraction of sp³-hybridized carbons (Fsp3) is 0.200. The second kappa shape index (κ2) is 6.83. The predicted octanol–water partition coefficient (Wildman–Crippen LogP) is 3.53. The zero-order chi connectivity index (χ0) is 14.5. The summed E-state index contributed by atoms with van der Waals surface area (Å²) < 4.78 is 16.9. The Morgan fingerprint density at radius 1 is 1.37 bits per heavy atom. The van der Waals surface area contributed by atoms with Crippen LogP contribution in [0.3, 0.4) is 0 Å². The summed E-state index contributed by atoms with van der Waals surface area (Å²) in [5, 5.41) is 0. The number of imide groups is 1. The second-order valence-corrected chi connectivity index (χ2v) is 5.85. The maximum atomic E-state index is 12.7. The van der Waals surface area contributed by atoms with E-state index in [9.17, 15) is 14.0 Å². The van der Waals surface area contributed by atoms with E-state index in [0.29, 0.717) is 4.90 Å². The van der Waals surface area contributed by atoms with E-state index in [1.807, 2.05) is 4.72 Å². The van der Waals surface area contributed by atoms with Crippen LogP contribution in [-0.2, 0) is 0 Å². The van der Waals surface area contributed by atoms with Crippen LogP contribution in [0.25, 0.3) is 0 Å². The molecule has 1 N–H and O–H groups in total.